The van der Waals surface area contributed by atoms with E-state index in [1.165, 1.54) is 25.7 Å². The Labute approximate surface area is 86.3 Å². The molecule has 0 atom stereocenters. The summed E-state index contributed by atoms with van der Waals surface area (Å²) in [7, 11) is 4.43. The predicted octanol–water partition coefficient (Wildman–Crippen LogP) is 0.535. The molecule has 0 unspecified atom stereocenters. The summed E-state index contributed by atoms with van der Waals surface area (Å²) in [5.74, 6) is -0.920. The third-order valence-corrected chi connectivity index (χ3v) is 3.43. The highest BCUT2D eigenvalue weighted by atomic mass is 16.4. The molecule has 1 rings (SSSR count). The molecule has 0 heterocycles. The lowest BCUT2D eigenvalue weighted by Crippen LogP contribution is -2.48. The summed E-state index contributed by atoms with van der Waals surface area (Å²) in [4.78, 5) is 10.3. The van der Waals surface area contributed by atoms with Crippen molar-refractivity contribution in [2.24, 2.45) is 0 Å². The highest BCUT2D eigenvalue weighted by Gasteiger charge is 2.30. The highest BCUT2D eigenvalue weighted by molar-refractivity contribution is 5.64. The van der Waals surface area contributed by atoms with Gasteiger partial charge in [0.15, 0.2) is 0 Å². The lowest BCUT2D eigenvalue weighted by molar-refractivity contribution is -0.914. The summed E-state index contributed by atoms with van der Waals surface area (Å²) in [5, 5.41) is 10.3. The molecule has 0 N–H and O–H groups in total. The van der Waals surface area contributed by atoms with Crippen LogP contribution in [0.25, 0.3) is 0 Å². The zero-order valence-corrected chi connectivity index (χ0v) is 9.29. The second-order valence-electron chi connectivity index (χ2n) is 4.92. The maximum absolute atomic E-state index is 10.3. The van der Waals surface area contributed by atoms with Gasteiger partial charge in [-0.1, -0.05) is 0 Å². The van der Waals surface area contributed by atoms with Gasteiger partial charge in [-0.2, -0.15) is 0 Å². The van der Waals surface area contributed by atoms with E-state index in [0.29, 0.717) is 0 Å². The Morgan fingerprint density at radius 2 is 1.93 bits per heavy atom. The monoisotopic (exact) mass is 199 g/mol. The van der Waals surface area contributed by atoms with Crippen LogP contribution in [0.5, 0.6) is 0 Å². The van der Waals surface area contributed by atoms with Gasteiger partial charge in [-0.05, 0) is 32.1 Å². The summed E-state index contributed by atoms with van der Waals surface area (Å²) in [5.41, 5.74) is 0. The molecule has 0 spiro atoms. The molecule has 1 fully saturated rings. The van der Waals surface area contributed by atoms with Crippen LogP contribution in [0.2, 0.25) is 0 Å². The molecule has 0 aromatic heterocycles. The van der Waals surface area contributed by atoms with Gasteiger partial charge in [0.2, 0.25) is 0 Å². The van der Waals surface area contributed by atoms with E-state index in [4.69, 9.17) is 0 Å². The number of carbonyl (C=O) groups is 1. The third kappa shape index (κ3) is 3.29. The average Bonchev–Trinajstić information content (AvgIpc) is 2.54. The molecule has 82 valence electrons. The number of rotatable bonds is 5. The van der Waals surface area contributed by atoms with Gasteiger partial charge in [0.25, 0.3) is 0 Å². The summed E-state index contributed by atoms with van der Waals surface area (Å²) in [6.07, 6.45) is 6.23. The van der Waals surface area contributed by atoms with Crippen LogP contribution >= 0.6 is 0 Å². The summed E-state index contributed by atoms with van der Waals surface area (Å²) < 4.78 is 0.979. The largest absolute Gasteiger partial charge is 0.550 e. The van der Waals surface area contributed by atoms with Gasteiger partial charge in [-0.3, -0.25) is 0 Å². The van der Waals surface area contributed by atoms with E-state index >= 15 is 0 Å². The van der Waals surface area contributed by atoms with Crippen molar-refractivity contribution >= 4 is 5.97 Å². The molecule has 14 heavy (non-hydrogen) atoms. The zero-order valence-electron chi connectivity index (χ0n) is 9.29. The Kier molecular flexibility index (Phi) is 3.93. The minimum Gasteiger partial charge on any atom is -0.550 e. The fraction of sp³-hybridized carbons (Fsp3) is 0.909. The van der Waals surface area contributed by atoms with E-state index in [2.05, 4.69) is 14.1 Å². The van der Waals surface area contributed by atoms with Crippen LogP contribution < -0.4 is 5.11 Å². The quantitative estimate of drug-likeness (QED) is 0.606. The normalized spacial score (nSPS) is 18.7. The molecule has 0 aliphatic heterocycles. The molecule has 3 nitrogen and oxygen atoms in total. The van der Waals surface area contributed by atoms with Crippen molar-refractivity contribution in [1.29, 1.82) is 0 Å². The summed E-state index contributed by atoms with van der Waals surface area (Å²) in [6, 6.07) is 0.747. The second kappa shape index (κ2) is 4.78. The number of carboxylic acids is 1. The average molecular weight is 199 g/mol. The van der Waals surface area contributed by atoms with E-state index in [-0.39, 0.29) is 6.42 Å². The van der Waals surface area contributed by atoms with E-state index < -0.39 is 5.97 Å². The standard InChI is InChI=1S/C11H21NO2/c1-12(2,9-5-8-11(13)14)10-6-3-4-7-10/h10H,3-9H2,1-2H3. The first kappa shape index (κ1) is 11.5. The molecule has 0 amide bonds. The molecule has 0 radical (unpaired) electrons. The molecule has 0 saturated heterocycles. The Morgan fingerprint density at radius 3 is 2.43 bits per heavy atom. The molecule has 1 saturated carbocycles. The number of nitrogens with zero attached hydrogens (tertiary/aromatic N) is 1. The first-order valence-electron chi connectivity index (χ1n) is 5.55. The lowest BCUT2D eigenvalue weighted by Gasteiger charge is -2.36. The van der Waals surface area contributed by atoms with Gasteiger partial charge >= 0.3 is 0 Å². The predicted molar refractivity (Wildman–Crippen MR) is 53.5 cm³/mol. The molecular formula is C11H21NO2. The van der Waals surface area contributed by atoms with Crippen molar-refractivity contribution in [2.45, 2.75) is 44.6 Å². The fourth-order valence-corrected chi connectivity index (χ4v) is 2.42. The van der Waals surface area contributed by atoms with Crippen LogP contribution in [0.15, 0.2) is 0 Å². The Hall–Kier alpha value is -0.570. The number of carbonyl (C=O) groups excluding carboxylic acids is 1. The maximum atomic E-state index is 10.3. The molecule has 0 aromatic rings. The third-order valence-electron chi connectivity index (χ3n) is 3.43. The van der Waals surface area contributed by atoms with E-state index in [0.717, 1.165) is 23.5 Å². The lowest BCUT2D eigenvalue weighted by atomic mass is 10.1. The maximum Gasteiger partial charge on any atom is 0.0886 e. The van der Waals surface area contributed by atoms with Crippen molar-refractivity contribution in [1.82, 2.24) is 0 Å². The first-order valence-corrected chi connectivity index (χ1v) is 5.55. The molecule has 3 heteroatoms. The van der Waals surface area contributed by atoms with Crippen molar-refractivity contribution in [3.63, 3.8) is 0 Å². The minimum atomic E-state index is -0.920. The van der Waals surface area contributed by atoms with Crippen molar-refractivity contribution in [3.8, 4) is 0 Å². The first-order chi connectivity index (χ1) is 6.52. The van der Waals surface area contributed by atoms with Gasteiger partial charge in [0.1, 0.15) is 0 Å². The van der Waals surface area contributed by atoms with Crippen LogP contribution in [-0.2, 0) is 4.79 Å². The van der Waals surface area contributed by atoms with Crippen molar-refractivity contribution < 1.29 is 14.4 Å². The molecule has 0 aromatic carbocycles. The SMILES string of the molecule is C[N+](C)(CCCC(=O)[O-])C1CCCC1. The van der Waals surface area contributed by atoms with Gasteiger partial charge in [0, 0.05) is 12.4 Å². The van der Waals surface area contributed by atoms with Crippen LogP contribution in [0, 0.1) is 0 Å². The van der Waals surface area contributed by atoms with E-state index in [1.807, 2.05) is 0 Å². The topological polar surface area (TPSA) is 40.1 Å². The molecular weight excluding hydrogens is 178 g/mol. The summed E-state index contributed by atoms with van der Waals surface area (Å²) in [6.45, 7) is 0.957. The van der Waals surface area contributed by atoms with E-state index in [1.54, 1.807) is 0 Å². The number of carboxylic acid groups (broad SMARTS) is 1. The van der Waals surface area contributed by atoms with Crippen LogP contribution in [0.4, 0.5) is 0 Å². The molecule has 1 aliphatic rings. The highest BCUT2D eigenvalue weighted by Crippen LogP contribution is 2.26. The Bertz CT molecular complexity index is 195. The second-order valence-corrected chi connectivity index (χ2v) is 4.92. The van der Waals surface area contributed by atoms with Crippen molar-refractivity contribution in [2.75, 3.05) is 20.6 Å². The number of quaternary nitrogens is 1. The van der Waals surface area contributed by atoms with E-state index in [9.17, 15) is 9.90 Å². The van der Waals surface area contributed by atoms with Crippen LogP contribution in [-0.4, -0.2) is 37.1 Å². The van der Waals surface area contributed by atoms with Gasteiger partial charge in [-0.15, -0.1) is 0 Å². The van der Waals surface area contributed by atoms with Crippen LogP contribution in [0.3, 0.4) is 0 Å². The number of aliphatic carboxylic acids is 1. The molecule has 0 bridgehead atoms. The van der Waals surface area contributed by atoms with Crippen LogP contribution in [0.1, 0.15) is 38.5 Å². The number of hydrogen-bond donors (Lipinski definition) is 0. The Morgan fingerprint density at radius 1 is 1.36 bits per heavy atom. The fourth-order valence-electron chi connectivity index (χ4n) is 2.42. The smallest absolute Gasteiger partial charge is 0.0886 e. The Balaban J connectivity index is 2.29. The van der Waals surface area contributed by atoms with Crippen molar-refractivity contribution in [3.05, 3.63) is 0 Å². The van der Waals surface area contributed by atoms with Gasteiger partial charge < -0.3 is 14.4 Å². The zero-order chi connectivity index (χ0) is 10.6. The summed E-state index contributed by atoms with van der Waals surface area (Å²) >= 11 is 0. The number of hydrogen-bond acceptors (Lipinski definition) is 2. The minimum absolute atomic E-state index is 0.203. The van der Waals surface area contributed by atoms with Gasteiger partial charge in [0.05, 0.1) is 26.7 Å². The molecule has 1 aliphatic carbocycles. The van der Waals surface area contributed by atoms with Gasteiger partial charge in [-0.25, -0.2) is 0 Å².